The molecule has 1 atom stereocenters. The molecule has 5 nitrogen and oxygen atoms in total. The van der Waals surface area contributed by atoms with Crippen molar-refractivity contribution in [3.8, 4) is 11.5 Å². The number of benzene rings is 1. The number of para-hydroxylation sites is 1. The Hall–Kier alpha value is -1.75. The van der Waals surface area contributed by atoms with Crippen molar-refractivity contribution in [2.75, 3.05) is 27.4 Å². The molecule has 1 aromatic carbocycles. The summed E-state index contributed by atoms with van der Waals surface area (Å²) in [5.74, 6) is 0.827. The molecule has 1 N–H and O–H groups in total. The monoisotopic (exact) mass is 265 g/mol. The zero-order chi connectivity index (χ0) is 13.7. The summed E-state index contributed by atoms with van der Waals surface area (Å²) >= 11 is 0. The maximum atomic E-state index is 12.1. The fraction of sp³-hybridized carbons (Fsp3) is 0.500. The largest absolute Gasteiger partial charge is 0.493 e. The number of methoxy groups -OCH3 is 2. The highest BCUT2D eigenvalue weighted by Crippen LogP contribution is 2.30. The van der Waals surface area contributed by atoms with Crippen LogP contribution in [-0.2, 0) is 4.74 Å². The van der Waals surface area contributed by atoms with Gasteiger partial charge in [0.1, 0.15) is 0 Å². The number of nitrogens with one attached hydrogen (secondary N) is 1. The van der Waals surface area contributed by atoms with Gasteiger partial charge in [-0.05, 0) is 25.0 Å². The van der Waals surface area contributed by atoms with Gasteiger partial charge in [0.2, 0.25) is 0 Å². The summed E-state index contributed by atoms with van der Waals surface area (Å²) in [4.78, 5) is 12.1. The highest BCUT2D eigenvalue weighted by Gasteiger charge is 2.19. The third-order valence-corrected chi connectivity index (χ3v) is 3.16. The zero-order valence-electron chi connectivity index (χ0n) is 11.3. The Morgan fingerprint density at radius 3 is 2.89 bits per heavy atom. The lowest BCUT2D eigenvalue weighted by atomic mass is 10.1. The van der Waals surface area contributed by atoms with E-state index in [1.807, 2.05) is 0 Å². The fourth-order valence-corrected chi connectivity index (χ4v) is 2.17. The van der Waals surface area contributed by atoms with E-state index in [1.165, 1.54) is 7.11 Å². The van der Waals surface area contributed by atoms with Crippen LogP contribution in [0.15, 0.2) is 18.2 Å². The summed E-state index contributed by atoms with van der Waals surface area (Å²) in [5.41, 5.74) is 0.472. The Bertz CT molecular complexity index is 441. The van der Waals surface area contributed by atoms with Crippen LogP contribution in [0.4, 0.5) is 0 Å². The van der Waals surface area contributed by atoms with E-state index in [2.05, 4.69) is 5.32 Å². The van der Waals surface area contributed by atoms with Crippen LogP contribution < -0.4 is 14.8 Å². The first-order chi connectivity index (χ1) is 9.26. The minimum absolute atomic E-state index is 0.126. The minimum atomic E-state index is -0.175. The topological polar surface area (TPSA) is 56.8 Å². The molecule has 0 spiro atoms. The van der Waals surface area contributed by atoms with Crippen molar-refractivity contribution in [3.05, 3.63) is 23.8 Å². The van der Waals surface area contributed by atoms with Gasteiger partial charge in [0.25, 0.3) is 5.91 Å². The molecule has 0 bridgehead atoms. The summed E-state index contributed by atoms with van der Waals surface area (Å²) in [6.45, 7) is 1.31. The molecule has 19 heavy (non-hydrogen) atoms. The maximum Gasteiger partial charge on any atom is 0.255 e. The van der Waals surface area contributed by atoms with Gasteiger partial charge in [-0.2, -0.15) is 0 Å². The van der Waals surface area contributed by atoms with E-state index in [0.29, 0.717) is 23.6 Å². The number of carbonyl (C=O) groups is 1. The molecule has 1 aromatic rings. The smallest absolute Gasteiger partial charge is 0.255 e. The number of hydrogen-bond acceptors (Lipinski definition) is 4. The first-order valence-electron chi connectivity index (χ1n) is 6.37. The average molecular weight is 265 g/mol. The second kappa shape index (κ2) is 6.43. The molecule has 1 saturated heterocycles. The summed E-state index contributed by atoms with van der Waals surface area (Å²) in [7, 11) is 3.07. The number of amides is 1. The van der Waals surface area contributed by atoms with Gasteiger partial charge in [0, 0.05) is 13.2 Å². The second-order valence-electron chi connectivity index (χ2n) is 4.39. The van der Waals surface area contributed by atoms with Gasteiger partial charge in [-0.25, -0.2) is 0 Å². The standard InChI is InChI=1S/C14H19NO4/c1-17-12-7-3-6-11(13(12)18-2)14(16)15-9-10-5-4-8-19-10/h3,6-7,10H,4-5,8-9H2,1-2H3,(H,15,16)/t10-/m1/s1. The van der Waals surface area contributed by atoms with Crippen LogP contribution in [0, 0.1) is 0 Å². The minimum Gasteiger partial charge on any atom is -0.493 e. The molecular formula is C14H19NO4. The molecule has 5 heteroatoms. The molecule has 0 aliphatic carbocycles. The van der Waals surface area contributed by atoms with Crippen LogP contribution in [0.25, 0.3) is 0 Å². The third kappa shape index (κ3) is 3.17. The summed E-state index contributed by atoms with van der Waals surface area (Å²) < 4.78 is 15.9. The van der Waals surface area contributed by atoms with Gasteiger partial charge in [0.05, 0.1) is 25.9 Å². The van der Waals surface area contributed by atoms with Crippen LogP contribution in [0.5, 0.6) is 11.5 Å². The lowest BCUT2D eigenvalue weighted by Gasteiger charge is -2.14. The molecule has 0 radical (unpaired) electrons. The highest BCUT2D eigenvalue weighted by molar-refractivity contribution is 5.97. The van der Waals surface area contributed by atoms with Gasteiger partial charge >= 0.3 is 0 Å². The van der Waals surface area contributed by atoms with Gasteiger partial charge in [-0.15, -0.1) is 0 Å². The van der Waals surface area contributed by atoms with Gasteiger partial charge < -0.3 is 19.5 Å². The molecule has 1 aliphatic heterocycles. The number of hydrogen-bond donors (Lipinski definition) is 1. The van der Waals surface area contributed by atoms with E-state index in [-0.39, 0.29) is 12.0 Å². The maximum absolute atomic E-state index is 12.1. The number of ether oxygens (including phenoxy) is 3. The molecule has 0 saturated carbocycles. The Morgan fingerprint density at radius 2 is 2.26 bits per heavy atom. The molecule has 0 unspecified atom stereocenters. The SMILES string of the molecule is COc1cccc(C(=O)NC[C@H]2CCCO2)c1OC. The predicted octanol–water partition coefficient (Wildman–Crippen LogP) is 1.61. The van der Waals surface area contributed by atoms with E-state index in [4.69, 9.17) is 14.2 Å². The predicted molar refractivity (Wildman–Crippen MR) is 70.9 cm³/mol. The van der Waals surface area contributed by atoms with E-state index in [1.54, 1.807) is 25.3 Å². The Kier molecular flexibility index (Phi) is 4.63. The molecule has 1 amide bonds. The van der Waals surface area contributed by atoms with Crippen LogP contribution in [-0.4, -0.2) is 39.4 Å². The summed E-state index contributed by atoms with van der Waals surface area (Å²) in [6.07, 6.45) is 2.18. The van der Waals surface area contributed by atoms with Crippen molar-refractivity contribution < 1.29 is 19.0 Å². The number of rotatable bonds is 5. The van der Waals surface area contributed by atoms with Crippen molar-refractivity contribution in [1.29, 1.82) is 0 Å². The van der Waals surface area contributed by atoms with Crippen LogP contribution in [0.2, 0.25) is 0 Å². The fourth-order valence-electron chi connectivity index (χ4n) is 2.17. The van der Waals surface area contributed by atoms with E-state index in [0.717, 1.165) is 19.4 Å². The molecule has 2 rings (SSSR count). The Labute approximate surface area is 112 Å². The molecular weight excluding hydrogens is 246 g/mol. The summed E-state index contributed by atoms with van der Waals surface area (Å²) in [6, 6.07) is 5.24. The third-order valence-electron chi connectivity index (χ3n) is 3.16. The van der Waals surface area contributed by atoms with E-state index in [9.17, 15) is 4.79 Å². The van der Waals surface area contributed by atoms with Crippen molar-refractivity contribution in [2.45, 2.75) is 18.9 Å². The molecule has 1 fully saturated rings. The van der Waals surface area contributed by atoms with Gasteiger partial charge in [0.15, 0.2) is 11.5 Å². The van der Waals surface area contributed by atoms with E-state index < -0.39 is 0 Å². The van der Waals surface area contributed by atoms with E-state index >= 15 is 0 Å². The Balaban J connectivity index is 2.05. The molecule has 1 aliphatic rings. The van der Waals surface area contributed by atoms with Crippen molar-refractivity contribution in [3.63, 3.8) is 0 Å². The van der Waals surface area contributed by atoms with Crippen molar-refractivity contribution in [2.24, 2.45) is 0 Å². The van der Waals surface area contributed by atoms with Crippen molar-refractivity contribution in [1.82, 2.24) is 5.32 Å². The average Bonchev–Trinajstić information content (AvgIpc) is 2.97. The molecule has 1 heterocycles. The highest BCUT2D eigenvalue weighted by atomic mass is 16.5. The lowest BCUT2D eigenvalue weighted by molar-refractivity contribution is 0.0855. The van der Waals surface area contributed by atoms with Crippen molar-refractivity contribution >= 4 is 5.91 Å². The molecule has 0 aromatic heterocycles. The Morgan fingerprint density at radius 1 is 1.42 bits per heavy atom. The first-order valence-corrected chi connectivity index (χ1v) is 6.37. The van der Waals surface area contributed by atoms with Crippen LogP contribution in [0.3, 0.4) is 0 Å². The number of carbonyl (C=O) groups excluding carboxylic acids is 1. The zero-order valence-corrected chi connectivity index (χ0v) is 11.3. The molecule has 104 valence electrons. The normalized spacial score (nSPS) is 18.1. The first kappa shape index (κ1) is 13.7. The van der Waals surface area contributed by atoms with Gasteiger partial charge in [-0.3, -0.25) is 4.79 Å². The summed E-state index contributed by atoms with van der Waals surface area (Å²) in [5, 5.41) is 2.87. The quantitative estimate of drug-likeness (QED) is 0.878. The van der Waals surface area contributed by atoms with Gasteiger partial charge in [-0.1, -0.05) is 6.07 Å². The lowest BCUT2D eigenvalue weighted by Crippen LogP contribution is -2.32. The van der Waals surface area contributed by atoms with Crippen LogP contribution in [0.1, 0.15) is 23.2 Å². The second-order valence-corrected chi connectivity index (χ2v) is 4.39. The van der Waals surface area contributed by atoms with Crippen LogP contribution >= 0.6 is 0 Å².